The molecule has 0 aliphatic carbocycles. The average Bonchev–Trinajstić information content (AvgIpc) is 2.60. The molecule has 3 heteroatoms. The van der Waals surface area contributed by atoms with E-state index in [-0.39, 0.29) is 5.90 Å². The molecule has 0 aliphatic heterocycles. The summed E-state index contributed by atoms with van der Waals surface area (Å²) in [5.41, 5.74) is 3.06. The Kier molecular flexibility index (Phi) is 6.67. The van der Waals surface area contributed by atoms with Gasteiger partial charge in [-0.25, -0.2) is 0 Å². The topological polar surface area (TPSA) is 42.3 Å². The van der Waals surface area contributed by atoms with Gasteiger partial charge in [0, 0.05) is 5.56 Å². The third-order valence-electron chi connectivity index (χ3n) is 3.64. The average molecular weight is 311 g/mol. The maximum atomic E-state index is 7.79. The van der Waals surface area contributed by atoms with Crippen molar-refractivity contribution in [3.63, 3.8) is 0 Å². The standard InChI is InChI=1S/C20H25NO2/c1-3-5-6-15-23-19-13-11-17(12-14-19)16-7-9-18(10-8-16)20(21)22-4-2/h7-14,21H,3-6,15H2,1-2H3. The summed E-state index contributed by atoms with van der Waals surface area (Å²) >= 11 is 0. The Labute approximate surface area is 138 Å². The normalized spacial score (nSPS) is 10.3. The lowest BCUT2D eigenvalue weighted by molar-refractivity contribution is 0.306. The molecule has 0 amide bonds. The van der Waals surface area contributed by atoms with Crippen LogP contribution < -0.4 is 4.74 Å². The van der Waals surface area contributed by atoms with Gasteiger partial charge < -0.3 is 9.47 Å². The molecule has 23 heavy (non-hydrogen) atoms. The molecule has 0 atom stereocenters. The third kappa shape index (κ3) is 5.13. The molecule has 0 aromatic heterocycles. The van der Waals surface area contributed by atoms with Crippen LogP contribution in [0.3, 0.4) is 0 Å². The molecule has 0 saturated heterocycles. The zero-order valence-corrected chi connectivity index (χ0v) is 14.0. The van der Waals surface area contributed by atoms with Gasteiger partial charge in [0.2, 0.25) is 5.90 Å². The summed E-state index contributed by atoms with van der Waals surface area (Å²) in [5.74, 6) is 1.13. The summed E-state index contributed by atoms with van der Waals surface area (Å²) < 4.78 is 10.9. The van der Waals surface area contributed by atoms with Crippen LogP contribution >= 0.6 is 0 Å². The number of benzene rings is 2. The maximum absolute atomic E-state index is 7.79. The Morgan fingerprint density at radius 3 is 2.04 bits per heavy atom. The predicted molar refractivity (Wildman–Crippen MR) is 95.4 cm³/mol. The van der Waals surface area contributed by atoms with Crippen molar-refractivity contribution in [3.8, 4) is 16.9 Å². The summed E-state index contributed by atoms with van der Waals surface area (Å²) in [6.07, 6.45) is 3.52. The Morgan fingerprint density at radius 2 is 1.48 bits per heavy atom. The molecular formula is C20H25NO2. The van der Waals surface area contributed by atoms with Gasteiger partial charge in [-0.2, -0.15) is 0 Å². The van der Waals surface area contributed by atoms with Crippen LogP contribution in [0, 0.1) is 5.41 Å². The van der Waals surface area contributed by atoms with E-state index in [4.69, 9.17) is 14.9 Å². The summed E-state index contributed by atoms with van der Waals surface area (Å²) in [5, 5.41) is 7.79. The van der Waals surface area contributed by atoms with Crippen LogP contribution in [0.15, 0.2) is 48.5 Å². The Bertz CT molecular complexity index is 603. The highest BCUT2D eigenvalue weighted by molar-refractivity contribution is 5.92. The Morgan fingerprint density at radius 1 is 0.870 bits per heavy atom. The summed E-state index contributed by atoms with van der Waals surface area (Å²) in [4.78, 5) is 0. The van der Waals surface area contributed by atoms with Gasteiger partial charge in [0.05, 0.1) is 13.2 Å². The number of nitrogens with one attached hydrogen (secondary N) is 1. The van der Waals surface area contributed by atoms with Crippen LogP contribution in [0.2, 0.25) is 0 Å². The second-order valence-corrected chi connectivity index (χ2v) is 5.42. The van der Waals surface area contributed by atoms with Crippen molar-refractivity contribution >= 4 is 5.90 Å². The first-order valence-corrected chi connectivity index (χ1v) is 8.29. The number of ether oxygens (including phenoxy) is 2. The van der Waals surface area contributed by atoms with Gasteiger partial charge in [0.1, 0.15) is 5.75 Å². The van der Waals surface area contributed by atoms with Crippen LogP contribution in [0.5, 0.6) is 5.75 Å². The quantitative estimate of drug-likeness (QED) is 0.409. The van der Waals surface area contributed by atoms with Crippen molar-refractivity contribution in [3.05, 3.63) is 54.1 Å². The van der Waals surface area contributed by atoms with Crippen molar-refractivity contribution in [2.75, 3.05) is 13.2 Å². The highest BCUT2D eigenvalue weighted by Gasteiger charge is 2.03. The number of hydrogen-bond acceptors (Lipinski definition) is 3. The van der Waals surface area contributed by atoms with Gasteiger partial charge in [-0.15, -0.1) is 0 Å². The first kappa shape index (κ1) is 17.1. The van der Waals surface area contributed by atoms with E-state index in [1.54, 1.807) is 0 Å². The molecule has 0 heterocycles. The van der Waals surface area contributed by atoms with Gasteiger partial charge in [-0.3, -0.25) is 5.41 Å². The zero-order chi connectivity index (χ0) is 16.5. The minimum absolute atomic E-state index is 0.217. The zero-order valence-electron chi connectivity index (χ0n) is 14.0. The van der Waals surface area contributed by atoms with Crippen LogP contribution in [-0.2, 0) is 4.74 Å². The van der Waals surface area contributed by atoms with E-state index < -0.39 is 0 Å². The number of rotatable bonds is 8. The fraction of sp³-hybridized carbons (Fsp3) is 0.350. The van der Waals surface area contributed by atoms with Gasteiger partial charge in [0.25, 0.3) is 0 Å². The van der Waals surface area contributed by atoms with Crippen molar-refractivity contribution in [2.45, 2.75) is 33.1 Å². The van der Waals surface area contributed by atoms with Crippen LogP contribution in [0.25, 0.3) is 11.1 Å². The van der Waals surface area contributed by atoms with Crippen LogP contribution in [0.1, 0.15) is 38.7 Å². The van der Waals surface area contributed by atoms with Crippen molar-refractivity contribution in [2.24, 2.45) is 0 Å². The lowest BCUT2D eigenvalue weighted by Crippen LogP contribution is -2.04. The Hall–Kier alpha value is -2.29. The second-order valence-electron chi connectivity index (χ2n) is 5.42. The molecule has 0 fully saturated rings. The Balaban J connectivity index is 1.97. The van der Waals surface area contributed by atoms with Crippen molar-refractivity contribution < 1.29 is 9.47 Å². The van der Waals surface area contributed by atoms with Crippen molar-refractivity contribution in [1.29, 1.82) is 5.41 Å². The lowest BCUT2D eigenvalue weighted by atomic mass is 10.0. The molecule has 0 spiro atoms. The molecule has 3 nitrogen and oxygen atoms in total. The molecule has 1 N–H and O–H groups in total. The minimum atomic E-state index is 0.217. The van der Waals surface area contributed by atoms with Gasteiger partial charge in [-0.1, -0.05) is 44.0 Å². The largest absolute Gasteiger partial charge is 0.494 e. The second kappa shape index (κ2) is 8.99. The fourth-order valence-corrected chi connectivity index (χ4v) is 2.33. The number of hydrogen-bond donors (Lipinski definition) is 1. The molecule has 2 aromatic rings. The highest BCUT2D eigenvalue weighted by atomic mass is 16.5. The number of unbranched alkanes of at least 4 members (excludes halogenated alkanes) is 2. The van der Waals surface area contributed by atoms with Gasteiger partial charge in [0.15, 0.2) is 0 Å². The molecule has 0 saturated carbocycles. The molecular weight excluding hydrogens is 286 g/mol. The van der Waals surface area contributed by atoms with E-state index >= 15 is 0 Å². The van der Waals surface area contributed by atoms with E-state index in [9.17, 15) is 0 Å². The molecule has 122 valence electrons. The monoisotopic (exact) mass is 311 g/mol. The van der Waals surface area contributed by atoms with E-state index in [1.165, 1.54) is 12.8 Å². The third-order valence-corrected chi connectivity index (χ3v) is 3.64. The molecule has 0 bridgehead atoms. The van der Waals surface area contributed by atoms with Crippen LogP contribution in [0.4, 0.5) is 0 Å². The van der Waals surface area contributed by atoms with E-state index in [0.717, 1.165) is 35.5 Å². The van der Waals surface area contributed by atoms with Crippen molar-refractivity contribution in [1.82, 2.24) is 0 Å². The van der Waals surface area contributed by atoms with Gasteiger partial charge >= 0.3 is 0 Å². The molecule has 2 aromatic carbocycles. The smallest absolute Gasteiger partial charge is 0.213 e. The SMILES string of the molecule is CCCCCOc1ccc(-c2ccc(C(=N)OCC)cc2)cc1. The summed E-state index contributed by atoms with van der Waals surface area (Å²) in [6.45, 7) is 5.37. The summed E-state index contributed by atoms with van der Waals surface area (Å²) in [6, 6.07) is 16.0. The molecule has 2 rings (SSSR count). The molecule has 0 unspecified atom stereocenters. The summed E-state index contributed by atoms with van der Waals surface area (Å²) in [7, 11) is 0. The fourth-order valence-electron chi connectivity index (χ4n) is 2.33. The van der Waals surface area contributed by atoms with E-state index in [0.29, 0.717) is 6.61 Å². The van der Waals surface area contributed by atoms with E-state index in [1.807, 2.05) is 43.3 Å². The molecule has 0 radical (unpaired) electrons. The van der Waals surface area contributed by atoms with Crippen LogP contribution in [-0.4, -0.2) is 19.1 Å². The lowest BCUT2D eigenvalue weighted by Gasteiger charge is -2.08. The first-order chi connectivity index (χ1) is 11.2. The first-order valence-electron chi connectivity index (χ1n) is 8.29. The highest BCUT2D eigenvalue weighted by Crippen LogP contribution is 2.23. The minimum Gasteiger partial charge on any atom is -0.494 e. The predicted octanol–water partition coefficient (Wildman–Crippen LogP) is 5.28. The maximum Gasteiger partial charge on any atom is 0.213 e. The van der Waals surface area contributed by atoms with E-state index in [2.05, 4.69) is 19.1 Å². The van der Waals surface area contributed by atoms with Gasteiger partial charge in [-0.05, 0) is 48.7 Å². The molecule has 0 aliphatic rings.